The minimum atomic E-state index is 0.789. The van der Waals surface area contributed by atoms with Crippen LogP contribution in [0.2, 0.25) is 0 Å². The van der Waals surface area contributed by atoms with E-state index in [1.807, 2.05) is 46.1 Å². The minimum Gasteiger partial charge on any atom is -0.394 e. The molecule has 0 atom stereocenters. The van der Waals surface area contributed by atoms with E-state index in [2.05, 4.69) is 53.2 Å². The van der Waals surface area contributed by atoms with E-state index in [1.165, 1.54) is 11.1 Å². The molecule has 0 amide bonds. The van der Waals surface area contributed by atoms with Crippen LogP contribution in [0.4, 0.5) is 0 Å². The molecular weight excluding hydrogens is 298 g/mol. The van der Waals surface area contributed by atoms with E-state index >= 15 is 0 Å². The van der Waals surface area contributed by atoms with Crippen LogP contribution >= 0.6 is 0 Å². The molecule has 0 aliphatic rings. The fraction of sp³-hybridized carbons (Fsp3) is 0.400. The molecule has 4 nitrogen and oxygen atoms in total. The summed E-state index contributed by atoms with van der Waals surface area (Å²) in [5.41, 5.74) is 9.52. The van der Waals surface area contributed by atoms with Gasteiger partial charge in [0.15, 0.2) is 0 Å². The number of nitrogens with one attached hydrogen (secondary N) is 2. The molecule has 0 saturated carbocycles. The van der Waals surface area contributed by atoms with Gasteiger partial charge in [-0.1, -0.05) is 62.8 Å². The number of nitrogens with zero attached hydrogens (tertiary/aromatic N) is 1. The van der Waals surface area contributed by atoms with Gasteiger partial charge in [0.05, 0.1) is 0 Å². The van der Waals surface area contributed by atoms with Crippen molar-refractivity contribution < 1.29 is 4.84 Å². The van der Waals surface area contributed by atoms with Gasteiger partial charge in [-0.2, -0.15) is 0 Å². The number of benzene rings is 2. The van der Waals surface area contributed by atoms with Gasteiger partial charge < -0.3 is 9.74 Å². The number of hydrogen-bond donors (Lipinski definition) is 2. The summed E-state index contributed by atoms with van der Waals surface area (Å²) in [5.74, 6) is 0.789. The van der Waals surface area contributed by atoms with Crippen LogP contribution in [0.3, 0.4) is 0 Å². The third-order valence-electron chi connectivity index (χ3n) is 3.43. The summed E-state index contributed by atoms with van der Waals surface area (Å²) >= 11 is 0. The zero-order valence-electron chi connectivity index (χ0n) is 15.6. The van der Waals surface area contributed by atoms with Crippen molar-refractivity contribution in [2.24, 2.45) is 0 Å². The Kier molecular flexibility index (Phi) is 9.77. The van der Waals surface area contributed by atoms with E-state index in [1.54, 1.807) is 0 Å². The van der Waals surface area contributed by atoms with Crippen molar-refractivity contribution in [1.29, 1.82) is 0 Å². The molecule has 0 radical (unpaired) electrons. The van der Waals surface area contributed by atoms with Crippen molar-refractivity contribution in [3.05, 3.63) is 54.1 Å². The second kappa shape index (κ2) is 11.6. The molecule has 0 heterocycles. The number of hydrogen-bond acceptors (Lipinski definition) is 4. The minimum absolute atomic E-state index is 0.789. The monoisotopic (exact) mass is 329 g/mol. The zero-order chi connectivity index (χ0) is 17.8. The summed E-state index contributed by atoms with van der Waals surface area (Å²) in [7, 11) is 4.08. The summed E-state index contributed by atoms with van der Waals surface area (Å²) in [6, 6.07) is 16.7. The van der Waals surface area contributed by atoms with Crippen molar-refractivity contribution in [2.75, 3.05) is 27.2 Å². The Labute approximate surface area is 146 Å². The van der Waals surface area contributed by atoms with Crippen LogP contribution in [0.25, 0.3) is 11.1 Å². The summed E-state index contributed by atoms with van der Waals surface area (Å²) in [4.78, 5) is 7.63. The third kappa shape index (κ3) is 7.13. The molecule has 0 aliphatic carbocycles. The average Bonchev–Trinajstić information content (AvgIpc) is 2.63. The molecule has 2 rings (SSSR count). The molecule has 2 aromatic rings. The highest BCUT2D eigenvalue weighted by atomic mass is 16.7. The summed E-state index contributed by atoms with van der Waals surface area (Å²) < 4.78 is 0. The smallest absolute Gasteiger partial charge is 0.149 e. The van der Waals surface area contributed by atoms with E-state index in [0.717, 1.165) is 30.8 Å². The maximum Gasteiger partial charge on any atom is 0.149 e. The van der Waals surface area contributed by atoms with Crippen LogP contribution in [0.1, 0.15) is 26.3 Å². The second-order valence-electron chi connectivity index (χ2n) is 5.52. The summed E-state index contributed by atoms with van der Waals surface area (Å²) in [6.45, 7) is 7.92. The van der Waals surface area contributed by atoms with Crippen molar-refractivity contribution in [3.63, 3.8) is 0 Å². The predicted molar refractivity (Wildman–Crippen MR) is 103 cm³/mol. The predicted octanol–water partition coefficient (Wildman–Crippen LogP) is 3.89. The Morgan fingerprint density at radius 3 is 2.29 bits per heavy atom. The van der Waals surface area contributed by atoms with Gasteiger partial charge in [-0.25, -0.2) is 5.43 Å². The van der Waals surface area contributed by atoms with Gasteiger partial charge in [0, 0.05) is 13.1 Å². The van der Waals surface area contributed by atoms with Crippen molar-refractivity contribution in [3.8, 4) is 16.9 Å². The fourth-order valence-electron chi connectivity index (χ4n) is 2.14. The van der Waals surface area contributed by atoms with E-state index in [0.29, 0.717) is 0 Å². The largest absolute Gasteiger partial charge is 0.394 e. The SMILES string of the molecule is CC.CCc1cccc(-c2cccc(ONNCCN(C)C)c2)c1. The fourth-order valence-corrected chi connectivity index (χ4v) is 2.14. The molecule has 4 heteroatoms. The van der Waals surface area contributed by atoms with E-state index in [9.17, 15) is 0 Å². The van der Waals surface area contributed by atoms with Crippen LogP contribution in [0.15, 0.2) is 48.5 Å². The Balaban J connectivity index is 0.00000139. The molecule has 24 heavy (non-hydrogen) atoms. The van der Waals surface area contributed by atoms with Gasteiger partial charge in [0.1, 0.15) is 5.75 Å². The molecule has 2 aromatic carbocycles. The van der Waals surface area contributed by atoms with Crippen LogP contribution in [-0.2, 0) is 6.42 Å². The normalized spacial score (nSPS) is 10.2. The van der Waals surface area contributed by atoms with Crippen LogP contribution < -0.4 is 15.9 Å². The number of rotatable bonds is 8. The van der Waals surface area contributed by atoms with Gasteiger partial charge in [-0.3, -0.25) is 0 Å². The quantitative estimate of drug-likeness (QED) is 0.569. The Morgan fingerprint density at radius 2 is 1.62 bits per heavy atom. The molecule has 0 bridgehead atoms. The van der Waals surface area contributed by atoms with E-state index < -0.39 is 0 Å². The molecular formula is C20H31N3O. The molecule has 0 saturated heterocycles. The summed E-state index contributed by atoms with van der Waals surface area (Å²) in [5, 5.41) is 0. The molecule has 132 valence electrons. The molecule has 0 spiro atoms. The zero-order valence-corrected chi connectivity index (χ0v) is 15.6. The van der Waals surface area contributed by atoms with Gasteiger partial charge in [-0.05, 0) is 49.3 Å². The van der Waals surface area contributed by atoms with Gasteiger partial charge in [0.25, 0.3) is 0 Å². The molecule has 2 N–H and O–H groups in total. The van der Waals surface area contributed by atoms with Crippen molar-refractivity contribution >= 4 is 0 Å². The first kappa shape index (κ1) is 20.2. The first-order valence-corrected chi connectivity index (χ1v) is 8.68. The average molecular weight is 329 g/mol. The Bertz CT molecular complexity index is 585. The lowest BCUT2D eigenvalue weighted by Gasteiger charge is -2.12. The third-order valence-corrected chi connectivity index (χ3v) is 3.43. The topological polar surface area (TPSA) is 36.5 Å². The summed E-state index contributed by atoms with van der Waals surface area (Å²) in [6.07, 6.45) is 1.04. The molecule has 0 aromatic heterocycles. The molecule has 0 unspecified atom stereocenters. The van der Waals surface area contributed by atoms with Gasteiger partial charge in [0.2, 0.25) is 0 Å². The highest BCUT2D eigenvalue weighted by molar-refractivity contribution is 5.65. The first-order valence-electron chi connectivity index (χ1n) is 8.68. The Hall–Kier alpha value is -1.88. The van der Waals surface area contributed by atoms with Gasteiger partial charge in [-0.15, -0.1) is 0 Å². The highest BCUT2D eigenvalue weighted by Crippen LogP contribution is 2.24. The maximum atomic E-state index is 5.53. The Morgan fingerprint density at radius 1 is 0.958 bits per heavy atom. The van der Waals surface area contributed by atoms with E-state index in [4.69, 9.17) is 4.84 Å². The van der Waals surface area contributed by atoms with Crippen LogP contribution in [0.5, 0.6) is 5.75 Å². The lowest BCUT2D eigenvalue weighted by Crippen LogP contribution is -2.39. The van der Waals surface area contributed by atoms with Crippen molar-refractivity contribution in [2.45, 2.75) is 27.2 Å². The number of hydrazine groups is 1. The number of aryl methyl sites for hydroxylation is 1. The second-order valence-corrected chi connectivity index (χ2v) is 5.52. The first-order chi connectivity index (χ1) is 11.7. The van der Waals surface area contributed by atoms with E-state index in [-0.39, 0.29) is 0 Å². The lowest BCUT2D eigenvalue weighted by atomic mass is 10.0. The van der Waals surface area contributed by atoms with Gasteiger partial charge >= 0.3 is 0 Å². The maximum absolute atomic E-state index is 5.53. The molecule has 0 aliphatic heterocycles. The number of likely N-dealkylation sites (N-methyl/N-ethyl adjacent to an activating group) is 1. The standard InChI is InChI=1S/C18H25N3O.C2H6/c1-4-15-7-5-8-16(13-15)17-9-6-10-18(14-17)22-20-19-11-12-21(2)3;1-2/h5-10,13-14,19-20H,4,11-12H2,1-3H3;1-2H3. The van der Waals surface area contributed by atoms with Crippen molar-refractivity contribution in [1.82, 2.24) is 15.9 Å². The van der Waals surface area contributed by atoms with Crippen LogP contribution in [0, 0.1) is 0 Å². The highest BCUT2D eigenvalue weighted by Gasteiger charge is 2.01. The molecule has 0 fully saturated rings. The van der Waals surface area contributed by atoms with Crippen LogP contribution in [-0.4, -0.2) is 32.1 Å². The lowest BCUT2D eigenvalue weighted by molar-refractivity contribution is 0.146.